The molecule has 1 atom stereocenters. The molecule has 1 aromatic rings. The molecule has 1 saturated heterocycles. The maximum atomic E-state index is 11.5. The Morgan fingerprint density at radius 2 is 2.11 bits per heavy atom. The van der Waals surface area contributed by atoms with Gasteiger partial charge in [-0.25, -0.2) is 0 Å². The molecule has 0 bridgehead atoms. The number of hydrogen-bond acceptors (Lipinski definition) is 5. The van der Waals surface area contributed by atoms with Gasteiger partial charge >= 0.3 is 0 Å². The summed E-state index contributed by atoms with van der Waals surface area (Å²) in [4.78, 5) is 11.5. The number of aliphatic hydroxyl groups excluding tert-OH is 1. The number of carbonyl (C=O) groups excluding carboxylic acids is 1. The van der Waals surface area contributed by atoms with Crippen molar-refractivity contribution in [2.24, 2.45) is 0 Å². The van der Waals surface area contributed by atoms with E-state index in [1.807, 2.05) is 35.3 Å². The van der Waals surface area contributed by atoms with E-state index in [2.05, 4.69) is 0 Å². The highest BCUT2D eigenvalue weighted by atomic mass is 35.5. The van der Waals surface area contributed by atoms with Crippen LogP contribution in [-0.4, -0.2) is 41.3 Å². The van der Waals surface area contributed by atoms with Gasteiger partial charge in [0.2, 0.25) is 0 Å². The second-order valence-electron chi connectivity index (χ2n) is 4.36. The number of hydrazine groups is 1. The highest BCUT2D eigenvalue weighted by Crippen LogP contribution is 2.35. The monoisotopic (exact) mass is 280 g/mol. The van der Waals surface area contributed by atoms with Crippen LogP contribution in [0.4, 0.5) is 5.69 Å². The van der Waals surface area contributed by atoms with Crippen molar-refractivity contribution >= 4 is 22.5 Å². The molecule has 2 aliphatic heterocycles. The number of rotatable bonds is 2. The number of benzene rings is 1. The zero-order valence-corrected chi connectivity index (χ0v) is 10.9. The fourth-order valence-electron chi connectivity index (χ4n) is 2.46. The van der Waals surface area contributed by atoms with Crippen molar-refractivity contribution in [1.29, 1.82) is 0 Å². The van der Waals surface area contributed by atoms with E-state index in [0.717, 1.165) is 5.69 Å². The second kappa shape index (κ2) is 4.85. The third-order valence-corrected chi connectivity index (χ3v) is 3.49. The summed E-state index contributed by atoms with van der Waals surface area (Å²) in [5.74, 6) is 0. The van der Waals surface area contributed by atoms with Crippen molar-refractivity contribution in [2.75, 3.05) is 24.8 Å². The number of halogens is 1. The summed E-state index contributed by atoms with van der Waals surface area (Å²) >= 11 is 5.59. The van der Waals surface area contributed by atoms with Crippen LogP contribution >= 0.6 is 11.6 Å². The van der Waals surface area contributed by atoms with E-state index in [-0.39, 0.29) is 12.2 Å². The lowest BCUT2D eigenvalue weighted by Gasteiger charge is -2.37. The van der Waals surface area contributed by atoms with E-state index >= 15 is 0 Å². The molecule has 0 spiro atoms. The molecule has 1 aromatic carbocycles. The number of fused-ring (bicyclic) bond motifs is 1. The first-order chi connectivity index (χ1) is 9.20. The number of anilines is 1. The molecule has 2 aliphatic rings. The summed E-state index contributed by atoms with van der Waals surface area (Å²) in [7, 11) is 0. The summed E-state index contributed by atoms with van der Waals surface area (Å²) in [6.07, 6.45) is -1.07. The van der Waals surface area contributed by atoms with Gasteiger partial charge < -0.3 is 9.84 Å². The number of nitrogens with zero attached hydrogens (tertiary/aromatic N) is 2. The zero-order chi connectivity index (χ0) is 13.4. The van der Waals surface area contributed by atoms with Crippen LogP contribution in [0.5, 0.6) is 0 Å². The summed E-state index contributed by atoms with van der Waals surface area (Å²) < 4.78 is 5.35. The highest BCUT2D eigenvalue weighted by molar-refractivity contribution is 6.68. The predicted octanol–water partition coefficient (Wildman–Crippen LogP) is 1.09. The van der Waals surface area contributed by atoms with Crippen LogP contribution in [-0.2, 0) is 9.53 Å². The van der Waals surface area contributed by atoms with Crippen LogP contribution in [0.25, 0.3) is 0 Å². The second-order valence-corrected chi connectivity index (χ2v) is 4.71. The Morgan fingerprint density at radius 3 is 2.79 bits per heavy atom. The Labute approximate surface area is 115 Å². The normalized spacial score (nSPS) is 22.7. The molecule has 3 rings (SSSR count). The molecule has 5 nitrogen and oxygen atoms in total. The minimum absolute atomic E-state index is 0.199. The molecule has 1 N–H and O–H groups in total. The van der Waals surface area contributed by atoms with Gasteiger partial charge in [0.05, 0.1) is 36.7 Å². The third kappa shape index (κ3) is 2.00. The van der Waals surface area contributed by atoms with E-state index in [0.29, 0.717) is 18.8 Å². The van der Waals surface area contributed by atoms with E-state index < -0.39 is 11.5 Å². The van der Waals surface area contributed by atoms with Crippen LogP contribution in [0, 0.1) is 0 Å². The van der Waals surface area contributed by atoms with Crippen LogP contribution in [0.15, 0.2) is 41.6 Å². The van der Waals surface area contributed by atoms with Crippen LogP contribution in [0.1, 0.15) is 0 Å². The molecule has 100 valence electrons. The van der Waals surface area contributed by atoms with Gasteiger partial charge in [-0.1, -0.05) is 18.2 Å². The molecule has 19 heavy (non-hydrogen) atoms. The van der Waals surface area contributed by atoms with E-state index in [9.17, 15) is 9.90 Å². The van der Waals surface area contributed by atoms with Gasteiger partial charge in [0.15, 0.2) is 6.23 Å². The number of ether oxygens (including phenoxy) is 1. The summed E-state index contributed by atoms with van der Waals surface area (Å²) in [5.41, 5.74) is 1.65. The van der Waals surface area contributed by atoms with E-state index in [1.54, 1.807) is 5.01 Å². The lowest BCUT2D eigenvalue weighted by Crippen LogP contribution is -2.47. The molecule has 6 heteroatoms. The number of carbonyl (C=O) groups is 1. The lowest BCUT2D eigenvalue weighted by molar-refractivity contribution is -0.109. The van der Waals surface area contributed by atoms with Crippen molar-refractivity contribution in [3.8, 4) is 0 Å². The van der Waals surface area contributed by atoms with Gasteiger partial charge in [-0.15, -0.1) is 0 Å². The zero-order valence-electron chi connectivity index (χ0n) is 10.1. The molecule has 2 heterocycles. The Bertz CT molecular complexity index is 532. The van der Waals surface area contributed by atoms with Crippen LogP contribution in [0.2, 0.25) is 0 Å². The average molecular weight is 281 g/mol. The SMILES string of the molecule is O=C(Cl)C1=C2COCCN2N(c2ccccc2)C1O. The van der Waals surface area contributed by atoms with Gasteiger partial charge in [0.25, 0.3) is 5.24 Å². The fourth-order valence-corrected chi connectivity index (χ4v) is 2.67. The first-order valence-corrected chi connectivity index (χ1v) is 6.38. The van der Waals surface area contributed by atoms with Crippen molar-refractivity contribution in [2.45, 2.75) is 6.23 Å². The predicted molar refractivity (Wildman–Crippen MR) is 70.3 cm³/mol. The first kappa shape index (κ1) is 12.5. The van der Waals surface area contributed by atoms with Crippen molar-refractivity contribution in [1.82, 2.24) is 5.01 Å². The van der Waals surface area contributed by atoms with Crippen LogP contribution in [0.3, 0.4) is 0 Å². The molecule has 0 aromatic heterocycles. The third-order valence-electron chi connectivity index (χ3n) is 3.29. The Hall–Kier alpha value is -1.56. The van der Waals surface area contributed by atoms with Gasteiger partial charge in [-0.3, -0.25) is 14.8 Å². The van der Waals surface area contributed by atoms with Crippen molar-refractivity contribution in [3.05, 3.63) is 41.6 Å². The van der Waals surface area contributed by atoms with Gasteiger partial charge in [-0.05, 0) is 23.7 Å². The minimum Gasteiger partial charge on any atom is -0.373 e. The lowest BCUT2D eigenvalue weighted by atomic mass is 10.2. The van der Waals surface area contributed by atoms with Crippen molar-refractivity contribution < 1.29 is 14.6 Å². The summed E-state index contributed by atoms with van der Waals surface area (Å²) in [6.45, 7) is 1.41. The maximum absolute atomic E-state index is 11.5. The molecular formula is C13H13ClN2O3. The number of hydrogen-bond donors (Lipinski definition) is 1. The fraction of sp³-hybridized carbons (Fsp3) is 0.308. The Kier molecular flexibility index (Phi) is 3.18. The number of para-hydroxylation sites is 1. The minimum atomic E-state index is -1.07. The molecular weight excluding hydrogens is 268 g/mol. The topological polar surface area (TPSA) is 53.0 Å². The maximum Gasteiger partial charge on any atom is 0.254 e. The van der Waals surface area contributed by atoms with Gasteiger partial charge in [0, 0.05) is 0 Å². The molecule has 1 fully saturated rings. The average Bonchev–Trinajstić information content (AvgIpc) is 2.71. The molecule has 0 radical (unpaired) electrons. The molecule has 0 saturated carbocycles. The number of aliphatic hydroxyl groups is 1. The summed E-state index contributed by atoms with van der Waals surface area (Å²) in [5, 5.41) is 13.3. The van der Waals surface area contributed by atoms with E-state index in [1.165, 1.54) is 0 Å². The molecule has 1 unspecified atom stereocenters. The quantitative estimate of drug-likeness (QED) is 0.822. The largest absolute Gasteiger partial charge is 0.373 e. The van der Waals surface area contributed by atoms with Gasteiger partial charge in [-0.2, -0.15) is 0 Å². The van der Waals surface area contributed by atoms with Crippen molar-refractivity contribution in [3.63, 3.8) is 0 Å². The first-order valence-electron chi connectivity index (χ1n) is 6.00. The summed E-state index contributed by atoms with van der Waals surface area (Å²) in [6, 6.07) is 9.40. The Balaban J connectivity index is 2.03. The highest BCUT2D eigenvalue weighted by Gasteiger charge is 2.41. The number of morpholine rings is 1. The molecule has 0 amide bonds. The smallest absolute Gasteiger partial charge is 0.254 e. The van der Waals surface area contributed by atoms with Crippen LogP contribution < -0.4 is 5.01 Å². The Morgan fingerprint density at radius 1 is 1.37 bits per heavy atom. The standard InChI is InChI=1S/C13H13ClN2O3/c14-12(17)11-10-8-19-7-6-15(10)16(13(11)18)9-4-2-1-3-5-9/h1-5,13,18H,6-8H2. The van der Waals surface area contributed by atoms with E-state index in [4.69, 9.17) is 16.3 Å². The molecule has 0 aliphatic carbocycles. The van der Waals surface area contributed by atoms with Gasteiger partial charge in [0.1, 0.15) is 0 Å².